The van der Waals surface area contributed by atoms with E-state index < -0.39 is 11.9 Å². The zero-order valence-electron chi connectivity index (χ0n) is 27.4. The van der Waals surface area contributed by atoms with Gasteiger partial charge in [0.15, 0.2) is 0 Å². The Morgan fingerprint density at radius 1 is 1.09 bits per heavy atom. The summed E-state index contributed by atoms with van der Waals surface area (Å²) in [6.07, 6.45) is 6.15. The number of primary amides is 1. The molecule has 1 saturated carbocycles. The number of nitrogens with one attached hydrogen (secondary N) is 3. The van der Waals surface area contributed by atoms with Crippen LogP contribution in [-0.2, 0) is 26.2 Å². The van der Waals surface area contributed by atoms with Crippen molar-refractivity contribution in [1.82, 2.24) is 20.5 Å². The lowest BCUT2D eigenvalue weighted by molar-refractivity contribution is -0.131. The zero-order chi connectivity index (χ0) is 32.0. The van der Waals surface area contributed by atoms with Gasteiger partial charge in [-0.1, -0.05) is 38.0 Å². The summed E-state index contributed by atoms with van der Waals surface area (Å²) in [6, 6.07) is 8.93. The van der Waals surface area contributed by atoms with Crippen molar-refractivity contribution in [1.29, 1.82) is 0 Å². The summed E-state index contributed by atoms with van der Waals surface area (Å²) < 4.78 is 0. The molecule has 3 amide bonds. The third-order valence-electron chi connectivity index (χ3n) is 10.7. The van der Waals surface area contributed by atoms with E-state index in [1.165, 1.54) is 43.0 Å². The molecule has 2 aliphatic heterocycles. The molecule has 8 nitrogen and oxygen atoms in total. The predicted molar refractivity (Wildman–Crippen MR) is 181 cm³/mol. The molecular weight excluding hydrogens is 582 g/mol. The summed E-state index contributed by atoms with van der Waals surface area (Å²) in [7, 11) is 0. The van der Waals surface area contributed by atoms with Crippen molar-refractivity contribution in [3.63, 3.8) is 0 Å². The van der Waals surface area contributed by atoms with E-state index in [2.05, 4.69) is 72.5 Å². The number of aromatic amines is 1. The molecule has 1 aromatic carbocycles. The van der Waals surface area contributed by atoms with Gasteiger partial charge in [-0.05, 0) is 113 Å². The van der Waals surface area contributed by atoms with E-state index in [1.807, 2.05) is 18.3 Å². The summed E-state index contributed by atoms with van der Waals surface area (Å²) in [6.45, 7) is 13.5. The summed E-state index contributed by atoms with van der Waals surface area (Å²) in [5.74, 6) is 0.249. The van der Waals surface area contributed by atoms with E-state index in [0.717, 1.165) is 58.2 Å². The second kappa shape index (κ2) is 12.6. The quantitative estimate of drug-likeness (QED) is 0.228. The van der Waals surface area contributed by atoms with Crippen LogP contribution < -0.4 is 16.4 Å². The number of piperidine rings is 2. The molecule has 0 spiro atoms. The summed E-state index contributed by atoms with van der Waals surface area (Å²) in [5, 5.41) is 7.39. The Morgan fingerprint density at radius 3 is 2.40 bits per heavy atom. The molecule has 2 aromatic heterocycles. The van der Waals surface area contributed by atoms with Gasteiger partial charge in [0.1, 0.15) is 10.9 Å². The number of fused-ring (bicyclic) bond motifs is 3. The lowest BCUT2D eigenvalue weighted by Gasteiger charge is -2.32. The van der Waals surface area contributed by atoms with Crippen molar-refractivity contribution in [2.75, 3.05) is 19.6 Å². The summed E-state index contributed by atoms with van der Waals surface area (Å²) in [5.41, 5.74) is 11.7. The highest BCUT2D eigenvalue weighted by Crippen LogP contribution is 2.48. The minimum atomic E-state index is -0.594. The third kappa shape index (κ3) is 6.43. The van der Waals surface area contributed by atoms with E-state index in [9.17, 15) is 14.4 Å². The maximum Gasteiger partial charge on any atom is 0.239 e. The fourth-order valence-electron chi connectivity index (χ4n) is 8.18. The van der Waals surface area contributed by atoms with E-state index in [-0.39, 0.29) is 29.1 Å². The summed E-state index contributed by atoms with van der Waals surface area (Å²) in [4.78, 5) is 45.8. The fraction of sp³-hybridized carbons (Fsp3) is 0.583. The van der Waals surface area contributed by atoms with Gasteiger partial charge in [-0.15, -0.1) is 11.3 Å². The first kappa shape index (κ1) is 31.8. The monoisotopic (exact) mass is 631 g/mol. The number of H-pyrrole nitrogens is 1. The number of thiophene rings is 1. The van der Waals surface area contributed by atoms with Gasteiger partial charge in [-0.25, -0.2) is 0 Å². The lowest BCUT2D eigenvalue weighted by atomic mass is 9.78. The molecule has 3 aromatic rings. The van der Waals surface area contributed by atoms with E-state index in [4.69, 9.17) is 5.73 Å². The molecule has 1 aliphatic carbocycles. The van der Waals surface area contributed by atoms with Crippen LogP contribution in [0.5, 0.6) is 0 Å². The molecule has 45 heavy (non-hydrogen) atoms. The highest BCUT2D eigenvalue weighted by molar-refractivity contribution is 7.18. The third-order valence-corrected chi connectivity index (χ3v) is 12.1. The van der Waals surface area contributed by atoms with Crippen LogP contribution in [0.15, 0.2) is 24.3 Å². The Labute approximate surface area is 270 Å². The van der Waals surface area contributed by atoms with Crippen LogP contribution in [0.2, 0.25) is 0 Å². The average Bonchev–Trinajstić information content (AvgIpc) is 3.73. The van der Waals surface area contributed by atoms with Gasteiger partial charge < -0.3 is 26.3 Å². The Balaban J connectivity index is 1.20. The second-order valence-corrected chi connectivity index (χ2v) is 15.5. The Morgan fingerprint density at radius 2 is 1.80 bits per heavy atom. The normalized spacial score (nSPS) is 23.0. The van der Waals surface area contributed by atoms with Gasteiger partial charge in [0, 0.05) is 34.7 Å². The Bertz CT molecular complexity index is 1580. The number of rotatable bonds is 11. The fourth-order valence-corrected chi connectivity index (χ4v) is 9.38. The molecule has 242 valence electrons. The molecule has 4 heterocycles. The van der Waals surface area contributed by atoms with Crippen molar-refractivity contribution < 1.29 is 14.4 Å². The Hall–Kier alpha value is -3.17. The van der Waals surface area contributed by atoms with Gasteiger partial charge in [-0.3, -0.25) is 14.4 Å². The number of nitrogens with two attached hydrogens (primary N) is 1. The van der Waals surface area contributed by atoms with E-state index in [1.54, 1.807) is 0 Å². The molecule has 2 saturated heterocycles. The molecule has 3 fully saturated rings. The minimum absolute atomic E-state index is 0.0204. The maximum atomic E-state index is 12.8. The number of hydrogen-bond donors (Lipinski definition) is 4. The molecule has 5 N–H and O–H groups in total. The molecule has 9 heteroatoms. The van der Waals surface area contributed by atoms with Crippen LogP contribution in [0.4, 0.5) is 0 Å². The van der Waals surface area contributed by atoms with E-state index in [0.29, 0.717) is 18.4 Å². The molecule has 3 aliphatic rings. The van der Waals surface area contributed by atoms with Crippen LogP contribution >= 0.6 is 11.3 Å². The number of nitrogens with zero attached hydrogens (tertiary/aromatic N) is 1. The number of likely N-dealkylation sites (tertiary alicyclic amines) is 1. The van der Waals surface area contributed by atoms with Gasteiger partial charge in [-0.2, -0.15) is 0 Å². The number of carbonyl (C=O) groups is 3. The molecule has 0 radical (unpaired) electrons. The average molecular weight is 632 g/mol. The van der Waals surface area contributed by atoms with Crippen molar-refractivity contribution in [2.24, 2.45) is 23.5 Å². The van der Waals surface area contributed by atoms with Gasteiger partial charge >= 0.3 is 0 Å². The van der Waals surface area contributed by atoms with Gasteiger partial charge in [0.25, 0.3) is 0 Å². The standard InChI is InChI=1S/C36H49N5O3S/c1-6-28(32(37)42)38-33(43)22-9-12-41(13-10-22)14-11-24-26-18-30(36(4,5)19-27-25-7-8-29(27)39-34(25)44)45-35(26)40-31(24)23-16-20(2)15-21(3)17-23/h15-18,22,25,27-29,40H,6-14,19H2,1-5H3,(H2,37,42)(H,38,43)(H,39,44). The SMILES string of the molecule is CCC(NC(=O)C1CCN(CCc2c(-c3cc(C)cc(C)c3)[nH]c3sc(C(C)(C)CC4C5CCC4C(=O)N5)cc23)CC1)C(N)=O. The molecule has 6 rings (SSSR count). The first-order valence-corrected chi connectivity index (χ1v) is 17.6. The van der Waals surface area contributed by atoms with Crippen LogP contribution in [-0.4, -0.2) is 59.3 Å². The highest BCUT2D eigenvalue weighted by atomic mass is 32.1. The molecule has 4 unspecified atom stereocenters. The van der Waals surface area contributed by atoms with Crippen LogP contribution in [0, 0.1) is 31.6 Å². The smallest absolute Gasteiger partial charge is 0.239 e. The Kier molecular flexibility index (Phi) is 8.87. The molecule has 2 bridgehead atoms. The number of hydrogen-bond acceptors (Lipinski definition) is 5. The van der Waals surface area contributed by atoms with E-state index >= 15 is 0 Å². The zero-order valence-corrected chi connectivity index (χ0v) is 28.2. The second-order valence-electron chi connectivity index (χ2n) is 14.5. The predicted octanol–water partition coefficient (Wildman–Crippen LogP) is 5.34. The maximum absolute atomic E-state index is 12.8. The van der Waals surface area contributed by atoms with Crippen molar-refractivity contribution in [2.45, 2.75) is 97.1 Å². The van der Waals surface area contributed by atoms with Crippen LogP contribution in [0.25, 0.3) is 21.5 Å². The first-order valence-electron chi connectivity index (χ1n) is 16.8. The number of carbonyl (C=O) groups excluding carboxylic acids is 3. The number of aryl methyl sites for hydroxylation is 2. The minimum Gasteiger partial charge on any atom is -0.368 e. The first-order chi connectivity index (χ1) is 21.4. The van der Waals surface area contributed by atoms with Crippen molar-refractivity contribution >= 4 is 39.3 Å². The van der Waals surface area contributed by atoms with Crippen LogP contribution in [0.3, 0.4) is 0 Å². The summed E-state index contributed by atoms with van der Waals surface area (Å²) >= 11 is 1.87. The van der Waals surface area contributed by atoms with Gasteiger partial charge in [0.2, 0.25) is 17.7 Å². The van der Waals surface area contributed by atoms with Gasteiger partial charge in [0.05, 0.1) is 5.69 Å². The molecular formula is C36H49N5O3S. The lowest BCUT2D eigenvalue weighted by Crippen LogP contribution is -2.48. The number of benzene rings is 1. The molecule has 4 atom stereocenters. The number of aromatic nitrogens is 1. The number of amides is 3. The van der Waals surface area contributed by atoms with Crippen molar-refractivity contribution in [3.05, 3.63) is 45.8 Å². The topological polar surface area (TPSA) is 120 Å². The van der Waals surface area contributed by atoms with Crippen molar-refractivity contribution in [3.8, 4) is 11.3 Å². The largest absolute Gasteiger partial charge is 0.368 e. The highest BCUT2D eigenvalue weighted by Gasteiger charge is 2.49. The van der Waals surface area contributed by atoms with Crippen LogP contribution in [0.1, 0.15) is 80.9 Å².